The smallest absolute Gasteiger partial charge is 0.310 e. The summed E-state index contributed by atoms with van der Waals surface area (Å²) in [4.78, 5) is 30.9. The van der Waals surface area contributed by atoms with Crippen LogP contribution in [0.25, 0.3) is 0 Å². The minimum absolute atomic E-state index is 0.0151. The number of aromatic nitrogens is 2. The van der Waals surface area contributed by atoms with Gasteiger partial charge < -0.3 is 10.3 Å². The molecule has 24 heavy (non-hydrogen) atoms. The van der Waals surface area contributed by atoms with Gasteiger partial charge in [-0.1, -0.05) is 30.0 Å². The first-order valence-corrected chi connectivity index (χ1v) is 8.18. The Kier molecular flexibility index (Phi) is 4.12. The molecule has 3 rings (SSSR count). The van der Waals surface area contributed by atoms with Gasteiger partial charge in [0.05, 0.1) is 11.1 Å². The molecule has 1 aliphatic heterocycles. The number of thioether (sulfide) groups is 1. The Morgan fingerprint density at radius 1 is 1.25 bits per heavy atom. The minimum Gasteiger partial charge on any atom is -0.310 e. The van der Waals surface area contributed by atoms with E-state index in [1.165, 1.54) is 18.2 Å². The lowest BCUT2D eigenvalue weighted by Gasteiger charge is -2.26. The monoisotopic (exact) mass is 355 g/mol. The number of alkyl halides is 3. The maximum Gasteiger partial charge on any atom is 0.416 e. The Morgan fingerprint density at radius 3 is 2.62 bits per heavy atom. The molecule has 0 saturated heterocycles. The second-order valence-corrected chi connectivity index (χ2v) is 6.02. The van der Waals surface area contributed by atoms with E-state index in [0.717, 1.165) is 17.8 Å². The third kappa shape index (κ3) is 2.91. The summed E-state index contributed by atoms with van der Waals surface area (Å²) < 4.78 is 39.9. The van der Waals surface area contributed by atoms with Crippen LogP contribution in [-0.2, 0) is 11.0 Å². The molecule has 0 unspecified atom stereocenters. The summed E-state index contributed by atoms with van der Waals surface area (Å²) in [5.41, 5.74) is -1.47. The van der Waals surface area contributed by atoms with Crippen molar-refractivity contribution in [2.45, 2.75) is 23.7 Å². The molecule has 9 heteroatoms. The second kappa shape index (κ2) is 5.97. The lowest BCUT2D eigenvalue weighted by molar-refractivity contribution is -0.138. The first kappa shape index (κ1) is 16.6. The van der Waals surface area contributed by atoms with Crippen LogP contribution < -0.4 is 10.9 Å². The number of aromatic amines is 1. The Labute approximate surface area is 138 Å². The molecule has 0 fully saturated rings. The predicted octanol–water partition coefficient (Wildman–Crippen LogP) is 2.98. The van der Waals surface area contributed by atoms with Gasteiger partial charge in [0, 0.05) is 12.3 Å². The van der Waals surface area contributed by atoms with Gasteiger partial charge >= 0.3 is 6.18 Å². The molecule has 0 bridgehead atoms. The van der Waals surface area contributed by atoms with Gasteiger partial charge in [0.25, 0.3) is 5.56 Å². The summed E-state index contributed by atoms with van der Waals surface area (Å²) in [6, 6.07) is 4.96. The Morgan fingerprint density at radius 2 is 1.96 bits per heavy atom. The van der Waals surface area contributed by atoms with Crippen molar-refractivity contribution in [1.29, 1.82) is 0 Å². The van der Waals surface area contributed by atoms with Crippen LogP contribution in [0.3, 0.4) is 0 Å². The highest BCUT2D eigenvalue weighted by molar-refractivity contribution is 7.98. The van der Waals surface area contributed by atoms with Gasteiger partial charge in [-0.3, -0.25) is 9.59 Å². The fraction of sp³-hybridized carbons (Fsp3) is 0.267. The Bertz CT molecular complexity index is 864. The van der Waals surface area contributed by atoms with Crippen LogP contribution >= 0.6 is 11.8 Å². The molecule has 0 radical (unpaired) electrons. The van der Waals surface area contributed by atoms with Crippen LogP contribution in [-0.4, -0.2) is 22.1 Å². The van der Waals surface area contributed by atoms with Crippen molar-refractivity contribution >= 4 is 23.5 Å². The van der Waals surface area contributed by atoms with Crippen molar-refractivity contribution in [3.8, 4) is 0 Å². The van der Waals surface area contributed by atoms with E-state index in [-0.39, 0.29) is 28.5 Å². The summed E-state index contributed by atoms with van der Waals surface area (Å²) in [5.74, 6) is -1.46. The molecule has 1 aromatic heterocycles. The molecule has 126 valence electrons. The molecule has 0 spiro atoms. The number of nitrogens with one attached hydrogen (secondary N) is 2. The zero-order chi connectivity index (χ0) is 17.5. The maximum atomic E-state index is 13.3. The van der Waals surface area contributed by atoms with E-state index in [0.29, 0.717) is 0 Å². The number of carbonyl (C=O) groups excluding carboxylic acids is 1. The highest BCUT2D eigenvalue weighted by Crippen LogP contribution is 2.41. The van der Waals surface area contributed by atoms with E-state index in [9.17, 15) is 22.8 Å². The van der Waals surface area contributed by atoms with Crippen molar-refractivity contribution in [3.63, 3.8) is 0 Å². The largest absolute Gasteiger partial charge is 0.416 e. The number of carbonyl (C=O) groups is 1. The standard InChI is InChI=1S/C15H12F3N3O2S/c1-24-14-20-12-11(13(23)21-14)8(6-10(22)19-12)7-4-2-3-5-9(7)15(16,17)18/h2-5,8H,6H2,1H3,(H2,19,20,21,22,23)/t8-/m1/s1. The highest BCUT2D eigenvalue weighted by atomic mass is 32.2. The zero-order valence-corrected chi connectivity index (χ0v) is 13.2. The van der Waals surface area contributed by atoms with Crippen molar-refractivity contribution in [2.24, 2.45) is 0 Å². The van der Waals surface area contributed by atoms with Gasteiger partial charge in [-0.25, -0.2) is 4.98 Å². The topological polar surface area (TPSA) is 74.8 Å². The maximum absolute atomic E-state index is 13.3. The lowest BCUT2D eigenvalue weighted by Crippen LogP contribution is -2.32. The van der Waals surface area contributed by atoms with E-state index in [2.05, 4.69) is 15.3 Å². The average Bonchev–Trinajstić information content (AvgIpc) is 2.52. The number of hydrogen-bond acceptors (Lipinski definition) is 4. The van der Waals surface area contributed by atoms with Crippen LogP contribution in [0.4, 0.5) is 19.0 Å². The highest BCUT2D eigenvalue weighted by Gasteiger charge is 2.39. The van der Waals surface area contributed by atoms with Gasteiger partial charge in [0.2, 0.25) is 5.91 Å². The van der Waals surface area contributed by atoms with Crippen molar-refractivity contribution in [1.82, 2.24) is 9.97 Å². The van der Waals surface area contributed by atoms with Crippen LogP contribution in [0.2, 0.25) is 0 Å². The second-order valence-electron chi connectivity index (χ2n) is 5.23. The summed E-state index contributed by atoms with van der Waals surface area (Å²) in [5, 5.41) is 2.75. The number of H-pyrrole nitrogens is 1. The van der Waals surface area contributed by atoms with Crippen LogP contribution in [0, 0.1) is 0 Å². The number of nitrogens with zero attached hydrogens (tertiary/aromatic N) is 1. The van der Waals surface area contributed by atoms with Crippen LogP contribution in [0.1, 0.15) is 29.0 Å². The third-order valence-electron chi connectivity index (χ3n) is 3.76. The van der Waals surface area contributed by atoms with Crippen LogP contribution in [0.5, 0.6) is 0 Å². The molecule has 0 saturated carbocycles. The molecule has 2 aromatic rings. The quantitative estimate of drug-likeness (QED) is 0.642. The lowest BCUT2D eigenvalue weighted by atomic mass is 9.84. The molecule has 2 N–H and O–H groups in total. The average molecular weight is 355 g/mol. The van der Waals surface area contributed by atoms with E-state index in [4.69, 9.17) is 0 Å². The fourth-order valence-electron chi connectivity index (χ4n) is 2.77. The molecule has 0 aliphatic carbocycles. The van der Waals surface area contributed by atoms with Crippen molar-refractivity contribution < 1.29 is 18.0 Å². The number of benzene rings is 1. The molecule has 1 aromatic carbocycles. The molecule has 1 atom stereocenters. The van der Waals surface area contributed by atoms with Crippen molar-refractivity contribution in [2.75, 3.05) is 11.6 Å². The molecular weight excluding hydrogens is 343 g/mol. The van der Waals surface area contributed by atoms with E-state index in [1.807, 2.05) is 0 Å². The number of fused-ring (bicyclic) bond motifs is 1. The van der Waals surface area contributed by atoms with Crippen molar-refractivity contribution in [3.05, 3.63) is 51.3 Å². The molecule has 1 amide bonds. The van der Waals surface area contributed by atoms with E-state index in [1.54, 1.807) is 6.26 Å². The molecule has 1 aliphatic rings. The predicted molar refractivity (Wildman–Crippen MR) is 83.2 cm³/mol. The number of hydrogen-bond donors (Lipinski definition) is 2. The SMILES string of the molecule is CSc1nc2c(c(=O)[nH]1)[C@@H](c1ccccc1C(F)(F)F)CC(=O)N2. The van der Waals surface area contributed by atoms with E-state index < -0.39 is 29.1 Å². The van der Waals surface area contributed by atoms with Gasteiger partial charge in [0.1, 0.15) is 5.82 Å². The number of anilines is 1. The van der Waals surface area contributed by atoms with Crippen LogP contribution in [0.15, 0.2) is 34.2 Å². The first-order valence-electron chi connectivity index (χ1n) is 6.95. The summed E-state index contributed by atoms with van der Waals surface area (Å²) in [7, 11) is 0. The van der Waals surface area contributed by atoms with E-state index >= 15 is 0 Å². The molecular formula is C15H12F3N3O2S. The number of rotatable bonds is 2. The zero-order valence-electron chi connectivity index (χ0n) is 12.4. The summed E-state index contributed by atoms with van der Waals surface area (Å²) in [6.07, 6.45) is -3.14. The fourth-order valence-corrected chi connectivity index (χ4v) is 3.15. The minimum atomic E-state index is -4.58. The molecule has 5 nitrogen and oxygen atoms in total. The van der Waals surface area contributed by atoms with Gasteiger partial charge in [0.15, 0.2) is 5.16 Å². The Hall–Kier alpha value is -2.29. The van der Waals surface area contributed by atoms with Gasteiger partial charge in [-0.05, 0) is 17.9 Å². The number of amides is 1. The Balaban J connectivity index is 2.23. The van der Waals surface area contributed by atoms with Gasteiger partial charge in [-0.15, -0.1) is 0 Å². The number of halogens is 3. The first-order chi connectivity index (χ1) is 11.3. The normalized spacial score (nSPS) is 17.3. The summed E-state index contributed by atoms with van der Waals surface area (Å²) in [6.45, 7) is 0. The third-order valence-corrected chi connectivity index (χ3v) is 4.34. The molecule has 2 heterocycles. The van der Waals surface area contributed by atoms with Gasteiger partial charge in [-0.2, -0.15) is 13.2 Å². The summed E-state index contributed by atoms with van der Waals surface area (Å²) >= 11 is 1.16.